The van der Waals surface area contributed by atoms with Gasteiger partial charge < -0.3 is 24.4 Å². The number of hydrogen-bond donors (Lipinski definition) is 1. The maximum absolute atomic E-state index is 5.68. The zero-order valence-corrected chi connectivity index (χ0v) is 20.3. The van der Waals surface area contributed by atoms with E-state index in [9.17, 15) is 0 Å². The second kappa shape index (κ2) is 13.6. The first-order chi connectivity index (χ1) is 12.7. The molecule has 27 heavy (non-hydrogen) atoms. The van der Waals surface area contributed by atoms with Crippen LogP contribution < -0.4 is 10.1 Å². The zero-order valence-electron chi connectivity index (χ0n) is 16.4. The summed E-state index contributed by atoms with van der Waals surface area (Å²) in [6.45, 7) is 7.67. The minimum atomic E-state index is 0. The Morgan fingerprint density at radius 2 is 2.15 bits per heavy atom. The van der Waals surface area contributed by atoms with Crippen molar-refractivity contribution in [2.75, 3.05) is 53.7 Å². The first kappa shape index (κ1) is 24.5. The largest absolute Gasteiger partial charge is 0.496 e. The van der Waals surface area contributed by atoms with Crippen LogP contribution >= 0.6 is 39.9 Å². The second-order valence-electron chi connectivity index (χ2n) is 6.31. The summed E-state index contributed by atoms with van der Waals surface area (Å²) < 4.78 is 16.9. The summed E-state index contributed by atoms with van der Waals surface area (Å²) in [5, 5.41) is 3.41. The molecule has 0 aromatic heterocycles. The van der Waals surface area contributed by atoms with Gasteiger partial charge in [0.1, 0.15) is 5.75 Å². The van der Waals surface area contributed by atoms with Gasteiger partial charge in [-0.2, -0.15) is 0 Å². The molecule has 6 nitrogen and oxygen atoms in total. The van der Waals surface area contributed by atoms with Gasteiger partial charge in [-0.25, -0.2) is 4.99 Å². The number of benzene rings is 1. The van der Waals surface area contributed by atoms with Crippen molar-refractivity contribution in [1.29, 1.82) is 0 Å². The highest BCUT2D eigenvalue weighted by Crippen LogP contribution is 2.26. The van der Waals surface area contributed by atoms with E-state index in [2.05, 4.69) is 39.1 Å². The molecule has 1 fully saturated rings. The van der Waals surface area contributed by atoms with Crippen molar-refractivity contribution in [2.24, 2.45) is 10.9 Å². The van der Waals surface area contributed by atoms with E-state index in [1.807, 2.05) is 12.1 Å². The molecule has 154 valence electrons. The Bertz CT molecular complexity index is 589. The molecule has 1 aliphatic heterocycles. The molecule has 0 saturated carbocycles. The molecule has 1 saturated heterocycles. The predicted molar refractivity (Wildman–Crippen MR) is 123 cm³/mol. The zero-order chi connectivity index (χ0) is 18.8. The Morgan fingerprint density at radius 1 is 1.33 bits per heavy atom. The molecule has 8 heteroatoms. The Kier molecular flexibility index (Phi) is 12.3. The molecular weight excluding hydrogens is 525 g/mol. The van der Waals surface area contributed by atoms with Crippen molar-refractivity contribution in [3.8, 4) is 5.75 Å². The second-order valence-corrected chi connectivity index (χ2v) is 7.16. The Balaban J connectivity index is 0.00000364. The first-order valence-corrected chi connectivity index (χ1v) is 9.89. The Morgan fingerprint density at radius 3 is 2.81 bits per heavy atom. The van der Waals surface area contributed by atoms with Crippen LogP contribution in [0.2, 0.25) is 0 Å². The van der Waals surface area contributed by atoms with Gasteiger partial charge in [0.05, 0.1) is 37.9 Å². The van der Waals surface area contributed by atoms with Gasteiger partial charge in [0.25, 0.3) is 0 Å². The van der Waals surface area contributed by atoms with E-state index in [1.165, 1.54) is 0 Å². The van der Waals surface area contributed by atoms with E-state index in [4.69, 9.17) is 19.2 Å². The fourth-order valence-electron chi connectivity index (χ4n) is 2.95. The fourth-order valence-corrected chi connectivity index (χ4v) is 3.54. The van der Waals surface area contributed by atoms with E-state index in [0.29, 0.717) is 25.7 Å². The predicted octanol–water partition coefficient (Wildman–Crippen LogP) is 3.53. The topological polar surface area (TPSA) is 55.3 Å². The standard InChI is InChI=1S/C19H30BrN3O3.HI/c1-4-21-19(22-12-15-5-6-18(25-3)17(20)11-15)23-8-7-16(13-23)14-26-10-9-24-2;/h5-6,11,16H,4,7-10,12-14H2,1-3H3,(H,21,22);1H. The number of hydrogen-bond acceptors (Lipinski definition) is 4. The molecule has 0 radical (unpaired) electrons. The van der Waals surface area contributed by atoms with Crippen molar-refractivity contribution in [3.05, 3.63) is 28.2 Å². The summed E-state index contributed by atoms with van der Waals surface area (Å²) >= 11 is 3.53. The van der Waals surface area contributed by atoms with Crippen molar-refractivity contribution >= 4 is 45.9 Å². The van der Waals surface area contributed by atoms with Crippen molar-refractivity contribution in [3.63, 3.8) is 0 Å². The highest BCUT2D eigenvalue weighted by atomic mass is 127. The van der Waals surface area contributed by atoms with E-state index in [-0.39, 0.29) is 24.0 Å². The fraction of sp³-hybridized carbons (Fsp3) is 0.632. The van der Waals surface area contributed by atoms with Gasteiger partial charge >= 0.3 is 0 Å². The molecule has 0 amide bonds. The third-order valence-electron chi connectivity index (χ3n) is 4.33. The number of nitrogens with zero attached hydrogens (tertiary/aromatic N) is 2. The number of aliphatic imine (C=N–C) groups is 1. The lowest BCUT2D eigenvalue weighted by Crippen LogP contribution is -2.40. The van der Waals surface area contributed by atoms with Crippen LogP contribution in [0.1, 0.15) is 18.9 Å². The third kappa shape index (κ3) is 8.13. The molecule has 1 heterocycles. The first-order valence-electron chi connectivity index (χ1n) is 9.10. The van der Waals surface area contributed by atoms with Crippen LogP contribution in [0, 0.1) is 5.92 Å². The smallest absolute Gasteiger partial charge is 0.194 e. The molecule has 1 N–H and O–H groups in total. The Hall–Kier alpha value is -0.580. The van der Waals surface area contributed by atoms with Crippen molar-refractivity contribution in [1.82, 2.24) is 10.2 Å². The van der Waals surface area contributed by atoms with Crippen LogP contribution in [0.25, 0.3) is 0 Å². The summed E-state index contributed by atoms with van der Waals surface area (Å²) in [6, 6.07) is 6.07. The van der Waals surface area contributed by atoms with Crippen molar-refractivity contribution in [2.45, 2.75) is 19.9 Å². The number of methoxy groups -OCH3 is 2. The molecule has 1 unspecified atom stereocenters. The summed E-state index contributed by atoms with van der Waals surface area (Å²) in [6.07, 6.45) is 1.13. The van der Waals surface area contributed by atoms with Gasteiger partial charge in [0.15, 0.2) is 5.96 Å². The minimum absolute atomic E-state index is 0. The van der Waals surface area contributed by atoms with E-state index in [1.54, 1.807) is 14.2 Å². The maximum Gasteiger partial charge on any atom is 0.194 e. The summed E-state index contributed by atoms with van der Waals surface area (Å²) in [5.74, 6) is 2.35. The van der Waals surface area contributed by atoms with E-state index < -0.39 is 0 Å². The SMILES string of the molecule is CCNC(=NCc1ccc(OC)c(Br)c1)N1CCC(COCCOC)C1.I. The average molecular weight is 556 g/mol. The van der Waals surface area contributed by atoms with E-state index >= 15 is 0 Å². The lowest BCUT2D eigenvalue weighted by Gasteiger charge is -2.21. The number of ether oxygens (including phenoxy) is 3. The maximum atomic E-state index is 5.68. The van der Waals surface area contributed by atoms with Crippen LogP contribution in [0.5, 0.6) is 5.75 Å². The van der Waals surface area contributed by atoms with Gasteiger partial charge in [0, 0.05) is 32.7 Å². The molecular formula is C19H31BrIN3O3. The lowest BCUT2D eigenvalue weighted by molar-refractivity contribution is 0.0536. The highest BCUT2D eigenvalue weighted by molar-refractivity contribution is 14.0. The molecule has 1 atom stereocenters. The van der Waals surface area contributed by atoms with Gasteiger partial charge in [-0.1, -0.05) is 6.07 Å². The summed E-state index contributed by atoms with van der Waals surface area (Å²) in [5.41, 5.74) is 1.15. The molecule has 1 aliphatic rings. The van der Waals surface area contributed by atoms with Crippen molar-refractivity contribution < 1.29 is 14.2 Å². The minimum Gasteiger partial charge on any atom is -0.496 e. The highest BCUT2D eigenvalue weighted by Gasteiger charge is 2.24. The Labute approximate surface area is 188 Å². The molecule has 0 bridgehead atoms. The summed E-state index contributed by atoms with van der Waals surface area (Å²) in [4.78, 5) is 7.14. The molecule has 0 spiro atoms. The van der Waals surface area contributed by atoms with E-state index in [0.717, 1.165) is 54.4 Å². The van der Waals surface area contributed by atoms with Gasteiger partial charge in [0.2, 0.25) is 0 Å². The van der Waals surface area contributed by atoms with Gasteiger partial charge in [-0.15, -0.1) is 24.0 Å². The third-order valence-corrected chi connectivity index (χ3v) is 4.95. The number of halogens is 2. The number of guanidine groups is 1. The van der Waals surface area contributed by atoms with Crippen LogP contribution in [-0.2, 0) is 16.0 Å². The number of nitrogens with one attached hydrogen (secondary N) is 1. The molecule has 1 aromatic rings. The quantitative estimate of drug-likeness (QED) is 0.219. The number of likely N-dealkylation sites (tertiary alicyclic amines) is 1. The molecule has 2 rings (SSSR count). The van der Waals surface area contributed by atoms with Gasteiger partial charge in [-0.3, -0.25) is 0 Å². The average Bonchev–Trinajstić information content (AvgIpc) is 3.11. The molecule has 0 aliphatic carbocycles. The van der Waals surface area contributed by atoms with Crippen LogP contribution in [0.3, 0.4) is 0 Å². The van der Waals surface area contributed by atoms with Crippen LogP contribution in [0.4, 0.5) is 0 Å². The summed E-state index contributed by atoms with van der Waals surface area (Å²) in [7, 11) is 3.37. The monoisotopic (exact) mass is 555 g/mol. The number of rotatable bonds is 9. The van der Waals surface area contributed by atoms with Crippen LogP contribution in [-0.4, -0.2) is 64.5 Å². The molecule has 1 aromatic carbocycles. The lowest BCUT2D eigenvalue weighted by atomic mass is 10.1. The van der Waals surface area contributed by atoms with Gasteiger partial charge in [-0.05, 0) is 47.0 Å². The normalized spacial score (nSPS) is 17.0. The van der Waals surface area contributed by atoms with Crippen LogP contribution in [0.15, 0.2) is 27.7 Å².